The number of hydrogen-bond acceptors (Lipinski definition) is 3. The summed E-state index contributed by atoms with van der Waals surface area (Å²) in [5.41, 5.74) is 0. The fraction of sp³-hybridized carbons (Fsp3) is 0.417. The molecule has 2 N–H and O–H groups in total. The third-order valence-corrected chi connectivity index (χ3v) is 3.33. The van der Waals surface area contributed by atoms with Gasteiger partial charge in [0.1, 0.15) is 0 Å². The van der Waals surface area contributed by atoms with Gasteiger partial charge in [-0.3, -0.25) is 0 Å². The Morgan fingerprint density at radius 3 is 2.61 bits per heavy atom. The zero-order chi connectivity index (χ0) is 13.2. The minimum absolute atomic E-state index is 0.163. The van der Waals surface area contributed by atoms with Crippen molar-refractivity contribution < 1.29 is 9.53 Å². The number of carbonyl (C=O) groups is 1. The van der Waals surface area contributed by atoms with E-state index in [-0.39, 0.29) is 6.03 Å². The number of ether oxygens (including phenoxy) is 1. The van der Waals surface area contributed by atoms with Gasteiger partial charge in [-0.05, 0) is 24.3 Å². The first-order valence-electron chi connectivity index (χ1n) is 5.61. The number of amides is 2. The largest absolute Gasteiger partial charge is 0.383 e. The van der Waals surface area contributed by atoms with E-state index in [9.17, 15) is 4.79 Å². The van der Waals surface area contributed by atoms with Gasteiger partial charge >= 0.3 is 6.03 Å². The molecule has 0 unspecified atom stereocenters. The Hall–Kier alpha value is -0.910. The maximum Gasteiger partial charge on any atom is 0.314 e. The predicted molar refractivity (Wildman–Crippen MR) is 75.5 cm³/mol. The maximum atomic E-state index is 11.3. The fourth-order valence-corrected chi connectivity index (χ4v) is 2.09. The SMILES string of the molecule is COCCNC(=O)NCCSc1ccc(Cl)cc1. The summed E-state index contributed by atoms with van der Waals surface area (Å²) in [4.78, 5) is 12.4. The molecule has 1 rings (SSSR count). The van der Waals surface area contributed by atoms with Crippen LogP contribution in [0.25, 0.3) is 0 Å². The zero-order valence-electron chi connectivity index (χ0n) is 10.2. The second-order valence-electron chi connectivity index (χ2n) is 3.48. The van der Waals surface area contributed by atoms with Crippen LogP contribution in [0.4, 0.5) is 4.79 Å². The molecule has 100 valence electrons. The first kappa shape index (κ1) is 15.1. The normalized spacial score (nSPS) is 10.1. The maximum absolute atomic E-state index is 11.3. The molecular formula is C12H17ClN2O2S. The van der Waals surface area contributed by atoms with Crippen LogP contribution < -0.4 is 10.6 Å². The van der Waals surface area contributed by atoms with E-state index in [0.29, 0.717) is 19.7 Å². The van der Waals surface area contributed by atoms with Gasteiger partial charge in [0.25, 0.3) is 0 Å². The number of benzene rings is 1. The molecule has 0 saturated carbocycles. The number of halogens is 1. The van der Waals surface area contributed by atoms with E-state index in [1.54, 1.807) is 18.9 Å². The van der Waals surface area contributed by atoms with Crippen molar-refractivity contribution in [2.75, 3.05) is 32.6 Å². The van der Waals surface area contributed by atoms with E-state index in [4.69, 9.17) is 16.3 Å². The third-order valence-electron chi connectivity index (χ3n) is 2.06. The second kappa shape index (κ2) is 9.08. The molecule has 1 aromatic rings. The highest BCUT2D eigenvalue weighted by Crippen LogP contribution is 2.19. The molecule has 0 aliphatic heterocycles. The number of carbonyl (C=O) groups excluding carboxylic acids is 1. The molecule has 1 aromatic carbocycles. The lowest BCUT2D eigenvalue weighted by molar-refractivity contribution is 0.196. The van der Waals surface area contributed by atoms with Crippen molar-refractivity contribution in [3.8, 4) is 0 Å². The van der Waals surface area contributed by atoms with E-state index in [1.165, 1.54) is 0 Å². The average Bonchev–Trinajstić information content (AvgIpc) is 2.37. The molecule has 0 aliphatic rings. The topological polar surface area (TPSA) is 50.4 Å². The van der Waals surface area contributed by atoms with Gasteiger partial charge in [-0.2, -0.15) is 0 Å². The summed E-state index contributed by atoms with van der Waals surface area (Å²) in [5.74, 6) is 0.819. The minimum Gasteiger partial charge on any atom is -0.383 e. The van der Waals surface area contributed by atoms with Crippen molar-refractivity contribution in [1.82, 2.24) is 10.6 Å². The summed E-state index contributed by atoms with van der Waals surface area (Å²) in [6.07, 6.45) is 0. The number of thioether (sulfide) groups is 1. The monoisotopic (exact) mass is 288 g/mol. The summed E-state index contributed by atoms with van der Waals surface area (Å²) < 4.78 is 4.83. The van der Waals surface area contributed by atoms with Crippen molar-refractivity contribution in [3.63, 3.8) is 0 Å². The highest BCUT2D eigenvalue weighted by atomic mass is 35.5. The summed E-state index contributed by atoms with van der Waals surface area (Å²) in [6, 6.07) is 7.48. The fourth-order valence-electron chi connectivity index (χ4n) is 1.19. The Morgan fingerprint density at radius 1 is 1.28 bits per heavy atom. The molecule has 0 saturated heterocycles. The van der Waals surface area contributed by atoms with Crippen molar-refractivity contribution in [1.29, 1.82) is 0 Å². The average molecular weight is 289 g/mol. The molecule has 0 heterocycles. The Balaban J connectivity index is 2.07. The van der Waals surface area contributed by atoms with Gasteiger partial charge in [-0.15, -0.1) is 11.8 Å². The molecule has 0 atom stereocenters. The smallest absolute Gasteiger partial charge is 0.314 e. The Labute approximate surface area is 116 Å². The van der Waals surface area contributed by atoms with Gasteiger partial charge in [0.05, 0.1) is 6.61 Å². The van der Waals surface area contributed by atoms with Gasteiger partial charge in [-0.25, -0.2) is 4.79 Å². The van der Waals surface area contributed by atoms with Crippen molar-refractivity contribution in [2.24, 2.45) is 0 Å². The molecule has 0 aromatic heterocycles. The molecule has 4 nitrogen and oxygen atoms in total. The van der Waals surface area contributed by atoms with Crippen LogP contribution in [0.15, 0.2) is 29.2 Å². The number of rotatable bonds is 7. The van der Waals surface area contributed by atoms with Gasteiger partial charge in [0, 0.05) is 35.9 Å². The van der Waals surface area contributed by atoms with E-state index >= 15 is 0 Å². The molecule has 0 fully saturated rings. The van der Waals surface area contributed by atoms with Crippen LogP contribution in [-0.2, 0) is 4.74 Å². The Bertz CT molecular complexity index is 360. The first-order chi connectivity index (χ1) is 8.72. The lowest BCUT2D eigenvalue weighted by Gasteiger charge is -2.07. The van der Waals surface area contributed by atoms with Crippen molar-refractivity contribution in [2.45, 2.75) is 4.90 Å². The summed E-state index contributed by atoms with van der Waals surface area (Å²) in [7, 11) is 1.60. The summed E-state index contributed by atoms with van der Waals surface area (Å²) in [5, 5.41) is 6.19. The van der Waals surface area contributed by atoms with E-state index in [1.807, 2.05) is 24.3 Å². The van der Waals surface area contributed by atoms with Crippen LogP contribution in [0.1, 0.15) is 0 Å². The van der Waals surface area contributed by atoms with E-state index in [0.717, 1.165) is 15.7 Å². The highest BCUT2D eigenvalue weighted by molar-refractivity contribution is 7.99. The quantitative estimate of drug-likeness (QED) is 0.598. The van der Waals surface area contributed by atoms with E-state index in [2.05, 4.69) is 10.6 Å². The number of methoxy groups -OCH3 is 1. The molecule has 0 bridgehead atoms. The van der Waals surface area contributed by atoms with Crippen LogP contribution in [0.5, 0.6) is 0 Å². The number of urea groups is 1. The van der Waals surface area contributed by atoms with E-state index < -0.39 is 0 Å². The molecule has 2 amide bonds. The molecule has 0 spiro atoms. The van der Waals surface area contributed by atoms with Gasteiger partial charge < -0.3 is 15.4 Å². The zero-order valence-corrected chi connectivity index (χ0v) is 11.8. The lowest BCUT2D eigenvalue weighted by Crippen LogP contribution is -2.38. The van der Waals surface area contributed by atoms with Crippen LogP contribution in [0, 0.1) is 0 Å². The second-order valence-corrected chi connectivity index (χ2v) is 5.08. The lowest BCUT2D eigenvalue weighted by atomic mass is 10.4. The molecular weight excluding hydrogens is 272 g/mol. The molecule has 18 heavy (non-hydrogen) atoms. The molecule has 0 radical (unpaired) electrons. The first-order valence-corrected chi connectivity index (χ1v) is 6.97. The standard InChI is InChI=1S/C12H17ClN2O2S/c1-17-8-6-14-12(16)15-7-9-18-11-4-2-10(13)3-5-11/h2-5H,6-9H2,1H3,(H2,14,15,16). The van der Waals surface area contributed by atoms with Crippen LogP contribution in [0.3, 0.4) is 0 Å². The Kier molecular flexibility index (Phi) is 7.64. The summed E-state index contributed by atoms with van der Waals surface area (Å²) >= 11 is 7.46. The molecule has 0 aliphatic carbocycles. The van der Waals surface area contributed by atoms with Crippen molar-refractivity contribution >= 4 is 29.4 Å². The summed E-state index contributed by atoms with van der Waals surface area (Å²) in [6.45, 7) is 1.66. The number of nitrogens with one attached hydrogen (secondary N) is 2. The van der Waals surface area contributed by atoms with Crippen LogP contribution in [0.2, 0.25) is 5.02 Å². The van der Waals surface area contributed by atoms with Gasteiger partial charge in [0.15, 0.2) is 0 Å². The van der Waals surface area contributed by atoms with Gasteiger partial charge in [-0.1, -0.05) is 11.6 Å². The third kappa shape index (κ3) is 6.74. The molecule has 6 heteroatoms. The Morgan fingerprint density at radius 2 is 1.94 bits per heavy atom. The van der Waals surface area contributed by atoms with Gasteiger partial charge in [0.2, 0.25) is 0 Å². The predicted octanol–water partition coefficient (Wildman–Crippen LogP) is 2.38. The van der Waals surface area contributed by atoms with Crippen LogP contribution >= 0.6 is 23.4 Å². The van der Waals surface area contributed by atoms with Crippen molar-refractivity contribution in [3.05, 3.63) is 29.3 Å². The number of hydrogen-bond donors (Lipinski definition) is 2. The van der Waals surface area contributed by atoms with Crippen LogP contribution in [-0.4, -0.2) is 38.6 Å². The highest BCUT2D eigenvalue weighted by Gasteiger charge is 1.99. The minimum atomic E-state index is -0.163.